The van der Waals surface area contributed by atoms with E-state index in [0.717, 1.165) is 0 Å². The van der Waals surface area contributed by atoms with Crippen LogP contribution in [0.5, 0.6) is 0 Å². The van der Waals surface area contributed by atoms with Crippen molar-refractivity contribution in [3.05, 3.63) is 39.9 Å². The molecule has 1 aromatic rings. The fourth-order valence-corrected chi connectivity index (χ4v) is 2.40. The smallest absolute Gasteiger partial charge is 0.312 e. The first-order valence-corrected chi connectivity index (χ1v) is 7.90. The molecule has 0 radical (unpaired) electrons. The molecule has 0 bridgehead atoms. The largest absolute Gasteiger partial charge is 0.330 e. The molecule has 0 unspecified atom stereocenters. The lowest BCUT2D eigenvalue weighted by Gasteiger charge is -2.12. The summed E-state index contributed by atoms with van der Waals surface area (Å²) < 4.78 is 21.1. The topological polar surface area (TPSA) is 120 Å². The van der Waals surface area contributed by atoms with Gasteiger partial charge in [0.1, 0.15) is 0 Å². The Morgan fingerprint density at radius 1 is 1.36 bits per heavy atom. The number of carbonyl (C=O) groups is 1. The Balaban J connectivity index is 2.46. The molecule has 0 saturated heterocycles. The van der Waals surface area contributed by atoms with E-state index in [1.54, 1.807) is 0 Å². The highest BCUT2D eigenvalue weighted by Crippen LogP contribution is 2.46. The molecule has 0 saturated carbocycles. The fraction of sp³-hybridized carbons (Fsp3) is 0.333. The van der Waals surface area contributed by atoms with Crippen LogP contribution in [-0.4, -0.2) is 37.4 Å². The quantitative estimate of drug-likeness (QED) is 0.337. The summed E-state index contributed by atoms with van der Waals surface area (Å²) in [6, 6.07) is 5.66. The van der Waals surface area contributed by atoms with Crippen LogP contribution in [0.3, 0.4) is 0 Å². The number of amides is 1. The number of nitrogens with one attached hydrogen (secondary N) is 1. The minimum atomic E-state index is -3.22. The summed E-state index contributed by atoms with van der Waals surface area (Å²) in [7, 11) is -0.727. The highest BCUT2D eigenvalue weighted by atomic mass is 31.2. The fourth-order valence-electron chi connectivity index (χ4n) is 1.41. The number of hydrazone groups is 1. The number of benzene rings is 1. The van der Waals surface area contributed by atoms with Gasteiger partial charge in [-0.25, -0.2) is 5.43 Å². The molecular formula is C12H16N3O6P. The lowest BCUT2D eigenvalue weighted by atomic mass is 10.2. The van der Waals surface area contributed by atoms with E-state index < -0.39 is 18.4 Å². The minimum absolute atomic E-state index is 0.0314. The monoisotopic (exact) mass is 329 g/mol. The SMILES string of the molecule is COP(=O)(CCC(=O)N/N=C/c1ccc([N+](=O)[O-])cc1)OC. The van der Waals surface area contributed by atoms with Crippen molar-refractivity contribution in [1.29, 1.82) is 0 Å². The van der Waals surface area contributed by atoms with Crippen LogP contribution in [0, 0.1) is 10.1 Å². The van der Waals surface area contributed by atoms with Gasteiger partial charge in [-0.15, -0.1) is 0 Å². The molecule has 10 heteroatoms. The third kappa shape index (κ3) is 5.72. The lowest BCUT2D eigenvalue weighted by molar-refractivity contribution is -0.384. The number of nitrogens with zero attached hydrogens (tertiary/aromatic N) is 2. The maximum absolute atomic E-state index is 11.7. The van der Waals surface area contributed by atoms with Crippen LogP contribution in [0.25, 0.3) is 0 Å². The van der Waals surface area contributed by atoms with E-state index in [1.165, 1.54) is 44.7 Å². The van der Waals surface area contributed by atoms with E-state index in [2.05, 4.69) is 10.5 Å². The first kappa shape index (κ1) is 18.0. The van der Waals surface area contributed by atoms with Crippen molar-refractivity contribution in [3.8, 4) is 0 Å². The maximum atomic E-state index is 11.7. The van der Waals surface area contributed by atoms with Crippen molar-refractivity contribution in [2.75, 3.05) is 20.4 Å². The van der Waals surface area contributed by atoms with Gasteiger partial charge in [-0.2, -0.15) is 5.10 Å². The van der Waals surface area contributed by atoms with E-state index in [-0.39, 0.29) is 18.3 Å². The molecule has 0 aliphatic rings. The van der Waals surface area contributed by atoms with Gasteiger partial charge < -0.3 is 9.05 Å². The van der Waals surface area contributed by atoms with Crippen LogP contribution >= 0.6 is 7.60 Å². The van der Waals surface area contributed by atoms with Crippen LogP contribution in [0.2, 0.25) is 0 Å². The van der Waals surface area contributed by atoms with Crippen LogP contribution in [-0.2, 0) is 18.4 Å². The highest BCUT2D eigenvalue weighted by molar-refractivity contribution is 7.53. The molecule has 1 N–H and O–H groups in total. The average Bonchev–Trinajstić information content (AvgIpc) is 2.53. The molecule has 0 atom stereocenters. The number of nitro groups is 1. The zero-order valence-corrected chi connectivity index (χ0v) is 13.0. The predicted molar refractivity (Wildman–Crippen MR) is 79.9 cm³/mol. The first-order valence-electron chi connectivity index (χ1n) is 6.17. The molecular weight excluding hydrogens is 313 g/mol. The molecule has 120 valence electrons. The van der Waals surface area contributed by atoms with E-state index in [0.29, 0.717) is 5.56 Å². The molecule has 1 amide bonds. The summed E-state index contributed by atoms with van der Waals surface area (Å²) in [6.45, 7) is 0. The van der Waals surface area contributed by atoms with E-state index >= 15 is 0 Å². The third-order valence-corrected chi connectivity index (χ3v) is 4.56. The average molecular weight is 329 g/mol. The second-order valence-corrected chi connectivity index (χ2v) is 6.49. The van der Waals surface area contributed by atoms with Crippen molar-refractivity contribution < 1.29 is 23.3 Å². The summed E-state index contributed by atoms with van der Waals surface area (Å²) >= 11 is 0. The highest BCUT2D eigenvalue weighted by Gasteiger charge is 2.21. The Morgan fingerprint density at radius 3 is 2.45 bits per heavy atom. The lowest BCUT2D eigenvalue weighted by Crippen LogP contribution is -2.18. The Kier molecular flexibility index (Phi) is 6.84. The van der Waals surface area contributed by atoms with Crippen LogP contribution in [0.15, 0.2) is 29.4 Å². The van der Waals surface area contributed by atoms with Gasteiger partial charge in [0.15, 0.2) is 0 Å². The van der Waals surface area contributed by atoms with Crippen LogP contribution in [0.1, 0.15) is 12.0 Å². The van der Waals surface area contributed by atoms with Gasteiger partial charge in [-0.3, -0.25) is 19.5 Å². The maximum Gasteiger partial charge on any atom is 0.330 e. The standard InChI is InChI=1S/C12H16N3O6P/c1-20-22(19,21-2)8-7-12(16)14-13-9-10-3-5-11(6-4-10)15(17)18/h3-6,9H,7-8H2,1-2H3,(H,14,16)/b13-9+. The summed E-state index contributed by atoms with van der Waals surface area (Å²) in [6.07, 6.45) is 1.21. The second kappa shape index (κ2) is 8.38. The molecule has 0 aliphatic carbocycles. The van der Waals surface area contributed by atoms with Crippen molar-refractivity contribution in [2.45, 2.75) is 6.42 Å². The summed E-state index contributed by atoms with van der Waals surface area (Å²) in [5, 5.41) is 14.2. The minimum Gasteiger partial charge on any atom is -0.312 e. The van der Waals surface area contributed by atoms with Gasteiger partial charge >= 0.3 is 7.60 Å². The summed E-state index contributed by atoms with van der Waals surface area (Å²) in [5.74, 6) is -0.451. The molecule has 0 heterocycles. The number of non-ortho nitro benzene ring substituents is 1. The van der Waals surface area contributed by atoms with Gasteiger partial charge in [0.2, 0.25) is 5.91 Å². The molecule has 0 spiro atoms. The van der Waals surface area contributed by atoms with E-state index in [9.17, 15) is 19.5 Å². The van der Waals surface area contributed by atoms with E-state index in [1.807, 2.05) is 0 Å². The van der Waals surface area contributed by atoms with Gasteiger partial charge in [0, 0.05) is 32.8 Å². The number of rotatable bonds is 8. The van der Waals surface area contributed by atoms with Gasteiger partial charge in [0.05, 0.1) is 17.3 Å². The summed E-state index contributed by atoms with van der Waals surface area (Å²) in [4.78, 5) is 21.5. The molecule has 9 nitrogen and oxygen atoms in total. The second-order valence-electron chi connectivity index (χ2n) is 4.09. The van der Waals surface area contributed by atoms with Crippen molar-refractivity contribution in [2.24, 2.45) is 5.10 Å². The van der Waals surface area contributed by atoms with Gasteiger partial charge in [-0.1, -0.05) is 0 Å². The molecule has 0 aromatic heterocycles. The Morgan fingerprint density at radius 2 is 1.95 bits per heavy atom. The zero-order chi connectivity index (χ0) is 16.6. The van der Waals surface area contributed by atoms with E-state index in [4.69, 9.17) is 9.05 Å². The predicted octanol–water partition coefficient (Wildman–Crippen LogP) is 1.92. The molecule has 1 rings (SSSR count). The number of nitro benzene ring substituents is 1. The molecule has 22 heavy (non-hydrogen) atoms. The number of hydrogen-bond donors (Lipinski definition) is 1. The van der Waals surface area contributed by atoms with Crippen LogP contribution in [0.4, 0.5) is 5.69 Å². The zero-order valence-electron chi connectivity index (χ0n) is 12.1. The van der Waals surface area contributed by atoms with Crippen LogP contribution < -0.4 is 5.43 Å². The third-order valence-electron chi connectivity index (χ3n) is 2.68. The Labute approximate surface area is 127 Å². The van der Waals surface area contributed by atoms with Gasteiger partial charge in [0.25, 0.3) is 5.69 Å². The molecule has 0 aliphatic heterocycles. The van der Waals surface area contributed by atoms with Gasteiger partial charge in [-0.05, 0) is 17.7 Å². The van der Waals surface area contributed by atoms with Crippen molar-refractivity contribution >= 4 is 25.4 Å². The van der Waals surface area contributed by atoms with Crippen molar-refractivity contribution in [3.63, 3.8) is 0 Å². The Hall–Kier alpha value is -2.09. The van der Waals surface area contributed by atoms with Crippen molar-refractivity contribution in [1.82, 2.24) is 5.43 Å². The first-order chi connectivity index (χ1) is 10.4. The number of hydrogen-bond acceptors (Lipinski definition) is 7. The number of carbonyl (C=O) groups excluding carboxylic acids is 1. The molecule has 0 fully saturated rings. The Bertz CT molecular complexity index is 593. The normalized spacial score (nSPS) is 11.5. The summed E-state index contributed by atoms with van der Waals surface area (Å²) in [5.41, 5.74) is 2.81. The molecule has 1 aromatic carbocycles.